The Balaban J connectivity index is 1.56. The largest absolute Gasteiger partial charge is 0.455 e. The van der Waals surface area contributed by atoms with Crippen molar-refractivity contribution in [2.75, 3.05) is 18.1 Å². The summed E-state index contributed by atoms with van der Waals surface area (Å²) >= 11 is 10.3. The molecule has 0 aliphatic carbocycles. The predicted octanol–water partition coefficient (Wildman–Crippen LogP) is 5.77. The number of carbonyl (C=O) groups is 4. The van der Waals surface area contributed by atoms with Crippen molar-refractivity contribution in [2.45, 2.75) is 87.2 Å². The number of aliphatic hydroxyl groups is 1. The Morgan fingerprint density at radius 2 is 1.82 bits per heavy atom. The molecule has 3 fully saturated rings. The van der Waals surface area contributed by atoms with E-state index >= 15 is 0 Å². The quantitative estimate of drug-likeness (QED) is 0.126. The summed E-state index contributed by atoms with van der Waals surface area (Å²) in [6, 6.07) is 13.5. The predicted molar refractivity (Wildman–Crippen MR) is 199 cm³/mol. The van der Waals surface area contributed by atoms with Gasteiger partial charge in [-0.2, -0.15) is 0 Å². The van der Waals surface area contributed by atoms with Crippen molar-refractivity contribution in [2.24, 2.45) is 17.8 Å². The first kappa shape index (κ1) is 38.7. The number of amides is 3. The number of ether oxygens (including phenoxy) is 2. The SMILES string of the molecule is C=CCCC(=O)N[C@H](C)[C@@H](OC(=O)[C@@H]1[C@H]2O[C@@]3(CC2Br)[C@H](C(=O)N(CC=C)c2ccccc2Cl)N([C@@H](CO)CC(C)C)C(=O)[C@@H]13)c1ccccc1. The van der Waals surface area contributed by atoms with Gasteiger partial charge in [-0.1, -0.05) is 96.0 Å². The third kappa shape index (κ3) is 7.54. The first-order valence-corrected chi connectivity index (χ1v) is 18.8. The molecule has 1 unspecified atom stereocenters. The van der Waals surface area contributed by atoms with Gasteiger partial charge in [-0.25, -0.2) is 0 Å². The van der Waals surface area contributed by atoms with Crippen LogP contribution in [-0.2, 0) is 28.7 Å². The van der Waals surface area contributed by atoms with Crippen molar-refractivity contribution in [3.63, 3.8) is 0 Å². The fourth-order valence-electron chi connectivity index (χ4n) is 8.02. The Morgan fingerprint density at radius 3 is 2.45 bits per heavy atom. The van der Waals surface area contributed by atoms with E-state index in [0.717, 1.165) is 0 Å². The van der Waals surface area contributed by atoms with Crippen LogP contribution in [0.15, 0.2) is 79.9 Å². The summed E-state index contributed by atoms with van der Waals surface area (Å²) in [5, 5.41) is 14.0. The van der Waals surface area contributed by atoms with Crippen LogP contribution in [0.25, 0.3) is 0 Å². The number of carbonyl (C=O) groups excluding carboxylic acids is 4. The van der Waals surface area contributed by atoms with Gasteiger partial charge in [-0.15, -0.1) is 13.2 Å². The molecule has 51 heavy (non-hydrogen) atoms. The molecule has 2 aromatic rings. The number of para-hydroxylation sites is 1. The number of rotatable bonds is 16. The number of hydrogen-bond acceptors (Lipinski definition) is 7. The van der Waals surface area contributed by atoms with Crippen LogP contribution >= 0.6 is 27.5 Å². The molecule has 1 spiro atoms. The summed E-state index contributed by atoms with van der Waals surface area (Å²) in [5.41, 5.74) is -0.301. The van der Waals surface area contributed by atoms with Crippen molar-refractivity contribution in [1.82, 2.24) is 10.2 Å². The number of alkyl halides is 1. The molecule has 12 heteroatoms. The van der Waals surface area contributed by atoms with E-state index in [2.05, 4.69) is 34.4 Å². The van der Waals surface area contributed by atoms with Gasteiger partial charge >= 0.3 is 5.97 Å². The summed E-state index contributed by atoms with van der Waals surface area (Å²) in [6.45, 7) is 13.0. The van der Waals surface area contributed by atoms with Crippen LogP contribution in [0.1, 0.15) is 58.1 Å². The molecule has 0 saturated carbocycles. The zero-order valence-electron chi connectivity index (χ0n) is 29.3. The lowest BCUT2D eigenvalue weighted by molar-refractivity contribution is -0.162. The highest BCUT2D eigenvalue weighted by molar-refractivity contribution is 9.09. The van der Waals surface area contributed by atoms with E-state index in [4.69, 9.17) is 21.1 Å². The lowest BCUT2D eigenvalue weighted by atomic mass is 9.70. The maximum atomic E-state index is 15.0. The van der Waals surface area contributed by atoms with Gasteiger partial charge in [-0.3, -0.25) is 19.2 Å². The molecule has 3 amide bonds. The molecule has 9 atom stereocenters. The number of aliphatic hydroxyl groups excluding tert-OH is 1. The average Bonchev–Trinajstić information content (AvgIpc) is 3.71. The van der Waals surface area contributed by atoms with Gasteiger partial charge in [-0.05, 0) is 49.8 Å². The molecule has 0 aromatic heterocycles. The summed E-state index contributed by atoms with van der Waals surface area (Å²) in [5.74, 6) is -3.84. The zero-order chi connectivity index (χ0) is 37.0. The fraction of sp³-hybridized carbons (Fsp3) is 0.487. The molecule has 0 radical (unpaired) electrons. The zero-order valence-corrected chi connectivity index (χ0v) is 31.6. The van der Waals surface area contributed by atoms with Crippen LogP contribution in [0, 0.1) is 17.8 Å². The number of anilines is 1. The molecule has 10 nitrogen and oxygen atoms in total. The summed E-state index contributed by atoms with van der Waals surface area (Å²) in [4.78, 5) is 59.6. The third-order valence-electron chi connectivity index (χ3n) is 10.1. The molecule has 3 heterocycles. The van der Waals surface area contributed by atoms with Crippen molar-refractivity contribution in [1.29, 1.82) is 0 Å². The minimum Gasteiger partial charge on any atom is -0.455 e. The molecule has 5 rings (SSSR count). The van der Waals surface area contributed by atoms with Crippen molar-refractivity contribution in [3.05, 3.63) is 90.5 Å². The highest BCUT2D eigenvalue weighted by Gasteiger charge is 2.77. The Morgan fingerprint density at radius 1 is 1.14 bits per heavy atom. The summed E-state index contributed by atoms with van der Waals surface area (Å²) in [7, 11) is 0. The van der Waals surface area contributed by atoms with E-state index in [1.807, 2.05) is 44.2 Å². The lowest BCUT2D eigenvalue weighted by Crippen LogP contribution is -2.59. The maximum absolute atomic E-state index is 15.0. The molecule has 2 N–H and O–H groups in total. The van der Waals surface area contributed by atoms with E-state index in [1.165, 1.54) is 9.80 Å². The van der Waals surface area contributed by atoms with Crippen LogP contribution in [-0.4, -0.2) is 81.5 Å². The standard InChI is InChI=1S/C39H47BrClN3O7/c1-6-8-18-30(46)42-24(5)33(25-14-10-9-11-15-25)50-38(49)31-32-36(47)44(26(22-45)20-23(3)4)35(39(32)21-27(40)34(31)51-39)37(48)43(19-7-2)29-17-13-12-16-28(29)41/h6-7,9-17,23-24,26-27,31-35,45H,1-2,8,18-22H2,3-5H3,(H,42,46)/t24-,26-,27?,31+,32-,33-,34+,35+,39-/m1/s1. The fourth-order valence-corrected chi connectivity index (χ4v) is 9.20. The first-order chi connectivity index (χ1) is 24.4. The monoisotopic (exact) mass is 783 g/mol. The number of fused-ring (bicyclic) bond motifs is 1. The van der Waals surface area contributed by atoms with E-state index in [0.29, 0.717) is 29.1 Å². The Bertz CT molecular complexity index is 1620. The van der Waals surface area contributed by atoms with Crippen LogP contribution in [0.4, 0.5) is 5.69 Å². The normalized spacial score (nSPS) is 26.7. The Kier molecular flexibility index (Phi) is 12.5. The Labute approximate surface area is 313 Å². The number of halogens is 2. The van der Waals surface area contributed by atoms with E-state index in [-0.39, 0.29) is 42.6 Å². The summed E-state index contributed by atoms with van der Waals surface area (Å²) < 4.78 is 13.0. The highest BCUT2D eigenvalue weighted by atomic mass is 79.9. The smallest absolute Gasteiger partial charge is 0.313 e. The van der Waals surface area contributed by atoms with Crippen molar-refractivity contribution < 1.29 is 33.8 Å². The van der Waals surface area contributed by atoms with Crippen LogP contribution < -0.4 is 10.2 Å². The molecular weight excluding hydrogens is 738 g/mol. The molecule has 3 aliphatic rings. The second-order valence-electron chi connectivity index (χ2n) is 14.0. The van der Waals surface area contributed by atoms with Gasteiger partial charge in [0.15, 0.2) is 0 Å². The number of likely N-dealkylation sites (tertiary alicyclic amines) is 1. The van der Waals surface area contributed by atoms with E-state index < -0.39 is 65.6 Å². The van der Waals surface area contributed by atoms with E-state index in [1.54, 1.807) is 43.3 Å². The number of nitrogens with one attached hydrogen (secondary N) is 1. The molecule has 3 saturated heterocycles. The topological polar surface area (TPSA) is 125 Å². The van der Waals surface area contributed by atoms with Gasteiger partial charge in [0.25, 0.3) is 5.91 Å². The number of benzene rings is 2. The second kappa shape index (κ2) is 16.4. The highest BCUT2D eigenvalue weighted by Crippen LogP contribution is 2.61. The minimum absolute atomic E-state index is 0.0771. The number of esters is 1. The number of nitrogens with zero attached hydrogens (tertiary/aromatic N) is 2. The van der Waals surface area contributed by atoms with E-state index in [9.17, 15) is 24.3 Å². The number of hydrogen-bond donors (Lipinski definition) is 2. The molecule has 274 valence electrons. The van der Waals surface area contributed by atoms with Gasteiger partial charge in [0.05, 0.1) is 47.3 Å². The van der Waals surface area contributed by atoms with Crippen LogP contribution in [0.2, 0.25) is 5.02 Å². The van der Waals surface area contributed by atoms with Crippen LogP contribution in [0.5, 0.6) is 0 Å². The number of allylic oxidation sites excluding steroid dienone is 1. The maximum Gasteiger partial charge on any atom is 0.313 e. The minimum atomic E-state index is -1.41. The van der Waals surface area contributed by atoms with Gasteiger partial charge in [0, 0.05) is 17.8 Å². The lowest BCUT2D eigenvalue weighted by Gasteiger charge is -2.40. The Hall–Kier alpha value is -3.51. The van der Waals surface area contributed by atoms with Gasteiger partial charge < -0.3 is 29.7 Å². The molecule has 2 bridgehead atoms. The summed E-state index contributed by atoms with van der Waals surface area (Å²) in [6.07, 6.45) is 3.00. The van der Waals surface area contributed by atoms with Gasteiger partial charge in [0.1, 0.15) is 17.7 Å². The van der Waals surface area contributed by atoms with Crippen molar-refractivity contribution >= 4 is 56.9 Å². The molecular formula is C39H47BrClN3O7. The van der Waals surface area contributed by atoms with Crippen molar-refractivity contribution in [3.8, 4) is 0 Å². The van der Waals surface area contributed by atoms with Crippen LogP contribution in [0.3, 0.4) is 0 Å². The third-order valence-corrected chi connectivity index (χ3v) is 11.3. The first-order valence-electron chi connectivity index (χ1n) is 17.5. The molecule has 3 aliphatic heterocycles. The molecule has 2 aromatic carbocycles. The average molecular weight is 785 g/mol. The second-order valence-corrected chi connectivity index (χ2v) is 15.6. The van der Waals surface area contributed by atoms with Gasteiger partial charge in [0.2, 0.25) is 11.8 Å².